The summed E-state index contributed by atoms with van der Waals surface area (Å²) < 4.78 is 29.1. The van der Waals surface area contributed by atoms with Crippen molar-refractivity contribution in [2.45, 2.75) is 45.6 Å². The molecule has 1 aromatic heterocycles. The molecule has 0 unspecified atom stereocenters. The Morgan fingerprint density at radius 1 is 0.757 bits per heavy atom. The summed E-state index contributed by atoms with van der Waals surface area (Å²) in [6, 6.07) is 19.0. The predicted molar refractivity (Wildman–Crippen MR) is 146 cm³/mol. The molecule has 0 N–H and O–H groups in total. The van der Waals surface area contributed by atoms with E-state index in [0.717, 1.165) is 24.0 Å². The molecule has 0 bridgehead atoms. The van der Waals surface area contributed by atoms with E-state index in [2.05, 4.69) is 6.92 Å². The minimum atomic E-state index is -0.224. The summed E-state index contributed by atoms with van der Waals surface area (Å²) in [5.74, 6) is 1.83. The predicted octanol–water partition coefficient (Wildman–Crippen LogP) is 7.19. The Labute approximate surface area is 217 Å². The lowest BCUT2D eigenvalue weighted by Gasteiger charge is -2.16. The molecule has 4 aromatic rings. The number of unbranched alkanes of at least 4 members (excludes halogenated alkanes) is 3. The SMILES string of the molecule is CCCCCCc1ccc2c(=O)c(OCc3ccccc3)c(-c3cc(OC)c(OC)c(OC)c3)oc2c1. The van der Waals surface area contributed by atoms with Gasteiger partial charge in [-0.25, -0.2) is 0 Å². The van der Waals surface area contributed by atoms with Gasteiger partial charge in [0.15, 0.2) is 17.3 Å². The third-order valence-corrected chi connectivity index (χ3v) is 6.39. The first-order chi connectivity index (χ1) is 18.1. The number of hydrogen-bond acceptors (Lipinski definition) is 6. The first kappa shape index (κ1) is 26.1. The van der Waals surface area contributed by atoms with Gasteiger partial charge in [-0.1, -0.05) is 62.6 Å². The van der Waals surface area contributed by atoms with E-state index in [0.29, 0.717) is 39.5 Å². The molecule has 6 heteroatoms. The maximum Gasteiger partial charge on any atom is 0.235 e. The van der Waals surface area contributed by atoms with Gasteiger partial charge in [-0.15, -0.1) is 0 Å². The van der Waals surface area contributed by atoms with Gasteiger partial charge in [0.05, 0.1) is 26.7 Å². The lowest BCUT2D eigenvalue weighted by molar-refractivity contribution is 0.297. The third-order valence-electron chi connectivity index (χ3n) is 6.39. The number of aryl methyl sites for hydroxylation is 1. The maximum absolute atomic E-state index is 13.7. The van der Waals surface area contributed by atoms with E-state index in [-0.39, 0.29) is 17.8 Å². The molecule has 0 aliphatic carbocycles. The highest BCUT2D eigenvalue weighted by Gasteiger charge is 2.22. The number of methoxy groups -OCH3 is 3. The Morgan fingerprint density at radius 3 is 2.14 bits per heavy atom. The van der Waals surface area contributed by atoms with Gasteiger partial charge in [-0.05, 0) is 48.2 Å². The molecule has 0 aliphatic rings. The molecule has 1 heterocycles. The molecule has 37 heavy (non-hydrogen) atoms. The summed E-state index contributed by atoms with van der Waals surface area (Å²) in [5, 5.41) is 0.483. The monoisotopic (exact) mass is 502 g/mol. The van der Waals surface area contributed by atoms with Crippen molar-refractivity contribution < 1.29 is 23.4 Å². The van der Waals surface area contributed by atoms with Crippen LogP contribution in [0.25, 0.3) is 22.3 Å². The van der Waals surface area contributed by atoms with E-state index < -0.39 is 0 Å². The molecule has 0 atom stereocenters. The molecule has 0 aliphatic heterocycles. The fourth-order valence-corrected chi connectivity index (χ4v) is 4.39. The molecule has 6 nitrogen and oxygen atoms in total. The van der Waals surface area contributed by atoms with E-state index in [9.17, 15) is 4.79 Å². The number of rotatable bonds is 12. The number of hydrogen-bond donors (Lipinski definition) is 0. The molecule has 3 aromatic carbocycles. The lowest BCUT2D eigenvalue weighted by atomic mass is 10.0. The van der Waals surface area contributed by atoms with Crippen LogP contribution >= 0.6 is 0 Å². The molecule has 194 valence electrons. The Balaban J connectivity index is 1.84. The zero-order chi connectivity index (χ0) is 26.2. The van der Waals surface area contributed by atoms with Crippen LogP contribution in [0.3, 0.4) is 0 Å². The first-order valence-electron chi connectivity index (χ1n) is 12.7. The van der Waals surface area contributed by atoms with Gasteiger partial charge in [-0.2, -0.15) is 0 Å². The highest BCUT2D eigenvalue weighted by atomic mass is 16.5. The number of benzene rings is 3. The van der Waals surface area contributed by atoms with Gasteiger partial charge in [0, 0.05) is 5.56 Å². The van der Waals surface area contributed by atoms with Crippen molar-refractivity contribution in [3.8, 4) is 34.3 Å². The topological polar surface area (TPSA) is 67.1 Å². The normalized spacial score (nSPS) is 10.9. The number of fused-ring (bicyclic) bond motifs is 1. The summed E-state index contributed by atoms with van der Waals surface area (Å²) in [4.78, 5) is 13.7. The summed E-state index contributed by atoms with van der Waals surface area (Å²) >= 11 is 0. The van der Waals surface area contributed by atoms with Crippen molar-refractivity contribution in [2.24, 2.45) is 0 Å². The van der Waals surface area contributed by atoms with Gasteiger partial charge in [0.25, 0.3) is 0 Å². The Bertz CT molecular complexity index is 1370. The van der Waals surface area contributed by atoms with Crippen molar-refractivity contribution >= 4 is 11.0 Å². The quantitative estimate of drug-likeness (QED) is 0.191. The lowest BCUT2D eigenvalue weighted by Crippen LogP contribution is -2.10. The largest absolute Gasteiger partial charge is 0.493 e. The fourth-order valence-electron chi connectivity index (χ4n) is 4.39. The second-order valence-electron chi connectivity index (χ2n) is 8.92. The second-order valence-corrected chi connectivity index (χ2v) is 8.92. The van der Waals surface area contributed by atoms with E-state index in [1.807, 2.05) is 48.5 Å². The highest BCUT2D eigenvalue weighted by Crippen LogP contribution is 2.43. The van der Waals surface area contributed by atoms with Crippen LogP contribution in [-0.4, -0.2) is 21.3 Å². The van der Waals surface area contributed by atoms with Crippen molar-refractivity contribution in [1.82, 2.24) is 0 Å². The van der Waals surface area contributed by atoms with Crippen LogP contribution in [0.4, 0.5) is 0 Å². The van der Waals surface area contributed by atoms with Crippen molar-refractivity contribution in [1.29, 1.82) is 0 Å². The first-order valence-corrected chi connectivity index (χ1v) is 12.7. The van der Waals surface area contributed by atoms with Crippen LogP contribution in [0.5, 0.6) is 23.0 Å². The molecule has 0 amide bonds. The third kappa shape index (κ3) is 5.91. The minimum absolute atomic E-state index is 0.140. The molecular formula is C31H34O6. The molecule has 0 spiro atoms. The molecule has 0 radical (unpaired) electrons. The van der Waals surface area contributed by atoms with E-state index in [1.54, 1.807) is 33.5 Å². The zero-order valence-corrected chi connectivity index (χ0v) is 22.0. The van der Waals surface area contributed by atoms with Crippen molar-refractivity contribution in [3.63, 3.8) is 0 Å². The van der Waals surface area contributed by atoms with Crippen LogP contribution in [-0.2, 0) is 13.0 Å². The van der Waals surface area contributed by atoms with E-state index >= 15 is 0 Å². The van der Waals surface area contributed by atoms with Gasteiger partial charge in [0.1, 0.15) is 12.2 Å². The van der Waals surface area contributed by atoms with Crippen LogP contribution in [0, 0.1) is 0 Å². The van der Waals surface area contributed by atoms with Gasteiger partial charge < -0.3 is 23.4 Å². The summed E-state index contributed by atoms with van der Waals surface area (Å²) in [5.41, 5.74) is 2.97. The average Bonchev–Trinajstić information content (AvgIpc) is 2.94. The van der Waals surface area contributed by atoms with Gasteiger partial charge >= 0.3 is 0 Å². The fraction of sp³-hybridized carbons (Fsp3) is 0.323. The van der Waals surface area contributed by atoms with E-state index in [4.69, 9.17) is 23.4 Å². The van der Waals surface area contributed by atoms with Gasteiger partial charge in [0.2, 0.25) is 16.9 Å². The Kier molecular flexibility index (Phi) is 8.72. The van der Waals surface area contributed by atoms with Gasteiger partial charge in [-0.3, -0.25) is 4.79 Å². The Hall–Kier alpha value is -3.93. The van der Waals surface area contributed by atoms with Crippen LogP contribution < -0.4 is 24.4 Å². The Morgan fingerprint density at radius 2 is 1.49 bits per heavy atom. The molecule has 0 saturated heterocycles. The molecular weight excluding hydrogens is 468 g/mol. The molecule has 4 rings (SSSR count). The summed E-state index contributed by atoms with van der Waals surface area (Å²) in [6.45, 7) is 2.43. The minimum Gasteiger partial charge on any atom is -0.493 e. The highest BCUT2D eigenvalue weighted by molar-refractivity contribution is 5.83. The molecule has 0 fully saturated rings. The van der Waals surface area contributed by atoms with Crippen LogP contribution in [0.2, 0.25) is 0 Å². The average molecular weight is 503 g/mol. The molecule has 0 saturated carbocycles. The zero-order valence-electron chi connectivity index (χ0n) is 22.0. The van der Waals surface area contributed by atoms with Crippen molar-refractivity contribution in [3.05, 3.63) is 82.0 Å². The summed E-state index contributed by atoms with van der Waals surface area (Å²) in [7, 11) is 4.65. The maximum atomic E-state index is 13.7. The van der Waals surface area contributed by atoms with Crippen molar-refractivity contribution in [2.75, 3.05) is 21.3 Å². The van der Waals surface area contributed by atoms with Crippen LogP contribution in [0.15, 0.2) is 69.9 Å². The summed E-state index contributed by atoms with van der Waals surface area (Å²) in [6.07, 6.45) is 5.63. The standard InChI is InChI=1S/C31H34O6/c1-5-6-7-9-12-21-15-16-24-25(17-21)37-29(23-18-26(33-2)30(35-4)27(19-23)34-3)31(28(24)32)36-20-22-13-10-8-11-14-22/h8,10-11,13-19H,5-7,9,12,20H2,1-4H3. The second kappa shape index (κ2) is 12.3. The van der Waals surface area contributed by atoms with E-state index in [1.165, 1.54) is 19.3 Å². The number of ether oxygens (including phenoxy) is 4. The van der Waals surface area contributed by atoms with Crippen LogP contribution in [0.1, 0.15) is 43.7 Å². The smallest absolute Gasteiger partial charge is 0.235 e.